The Bertz CT molecular complexity index is 1610. The lowest BCUT2D eigenvalue weighted by molar-refractivity contribution is -0.123. The van der Waals surface area contributed by atoms with Gasteiger partial charge in [0, 0.05) is 16.7 Å². The quantitative estimate of drug-likeness (QED) is 0.153. The van der Waals surface area contributed by atoms with Crippen molar-refractivity contribution in [3.63, 3.8) is 0 Å². The second kappa shape index (κ2) is 13.5. The zero-order valence-electron chi connectivity index (χ0n) is 22.8. The van der Waals surface area contributed by atoms with E-state index in [9.17, 15) is 9.59 Å². The molecule has 0 aromatic heterocycles. The third-order valence-corrected chi connectivity index (χ3v) is 7.47. The zero-order valence-corrected chi connectivity index (χ0v) is 25.2. The Balaban J connectivity index is 1.43. The van der Waals surface area contributed by atoms with E-state index in [1.54, 1.807) is 23.1 Å². The second-order valence-electron chi connectivity index (χ2n) is 9.26. The Morgan fingerprint density at radius 2 is 1.43 bits per heavy atom. The van der Waals surface area contributed by atoms with Crippen LogP contribution in [0.25, 0.3) is 6.08 Å². The largest absolute Gasteiger partial charge is 0.490 e. The van der Waals surface area contributed by atoms with Crippen molar-refractivity contribution in [1.29, 1.82) is 0 Å². The Hall–Kier alpha value is -4.47. The van der Waals surface area contributed by atoms with E-state index in [2.05, 4.69) is 21.2 Å². The van der Waals surface area contributed by atoms with Crippen LogP contribution in [0.4, 0.5) is 11.4 Å². The van der Waals surface area contributed by atoms with Crippen molar-refractivity contribution in [2.24, 2.45) is 0 Å². The second-order valence-corrected chi connectivity index (χ2v) is 10.5. The van der Waals surface area contributed by atoms with Crippen molar-refractivity contribution in [1.82, 2.24) is 5.32 Å². The van der Waals surface area contributed by atoms with Crippen LogP contribution >= 0.6 is 28.1 Å². The third kappa shape index (κ3) is 6.53. The average molecular weight is 643 g/mol. The van der Waals surface area contributed by atoms with Gasteiger partial charge in [-0.2, -0.15) is 0 Å². The molecule has 4 aromatic carbocycles. The lowest BCUT2D eigenvalue weighted by Gasteiger charge is -2.20. The molecule has 2 amide bonds. The monoisotopic (exact) mass is 641 g/mol. The fourth-order valence-corrected chi connectivity index (χ4v) is 5.27. The van der Waals surface area contributed by atoms with Gasteiger partial charge in [0.25, 0.3) is 11.8 Å². The molecule has 0 unspecified atom stereocenters. The van der Waals surface area contributed by atoms with E-state index in [0.29, 0.717) is 51.2 Å². The molecule has 0 saturated carbocycles. The molecule has 42 heavy (non-hydrogen) atoms. The number of carbonyl (C=O) groups is 2. The van der Waals surface area contributed by atoms with Gasteiger partial charge in [-0.3, -0.25) is 19.4 Å². The van der Waals surface area contributed by atoms with Crippen molar-refractivity contribution in [3.05, 3.63) is 124 Å². The lowest BCUT2D eigenvalue weighted by atomic mass is 10.1. The first-order valence-electron chi connectivity index (χ1n) is 13.4. The summed E-state index contributed by atoms with van der Waals surface area (Å²) in [6.07, 6.45) is 1.77. The first kappa shape index (κ1) is 29.0. The molecule has 9 heteroatoms. The standard InChI is InChI=1S/C33H28BrN3O4S/c1-2-40-29-19-24(27(34)20-30(29)41-22-31(38)35-21-23-12-6-3-7-13-23)18-28-32(39)37(26-16-10-5-11-17-26)33(42)36(28)25-14-8-4-9-15-25/h3-20H,2,21-22H2,1H3,(H,35,38)/b28-18+. The number of nitrogens with one attached hydrogen (secondary N) is 1. The predicted octanol–water partition coefficient (Wildman–Crippen LogP) is 6.72. The van der Waals surface area contributed by atoms with Crippen LogP contribution in [0.2, 0.25) is 0 Å². The van der Waals surface area contributed by atoms with Gasteiger partial charge >= 0.3 is 0 Å². The molecule has 1 N–H and O–H groups in total. The van der Waals surface area contributed by atoms with Crippen LogP contribution in [-0.2, 0) is 16.1 Å². The Morgan fingerprint density at radius 1 is 0.857 bits per heavy atom. The smallest absolute Gasteiger partial charge is 0.281 e. The molecule has 1 heterocycles. The number of hydrogen-bond acceptors (Lipinski definition) is 5. The highest BCUT2D eigenvalue weighted by Crippen LogP contribution is 2.38. The summed E-state index contributed by atoms with van der Waals surface area (Å²) in [4.78, 5) is 29.6. The van der Waals surface area contributed by atoms with Crippen LogP contribution in [0.5, 0.6) is 11.5 Å². The molecule has 1 aliphatic rings. The minimum Gasteiger partial charge on any atom is -0.490 e. The number of thiocarbonyl (C=S) groups is 1. The molecule has 212 valence electrons. The summed E-state index contributed by atoms with van der Waals surface area (Å²) >= 11 is 9.45. The summed E-state index contributed by atoms with van der Waals surface area (Å²) in [5, 5.41) is 3.21. The molecule has 5 rings (SSSR count). The van der Waals surface area contributed by atoms with E-state index < -0.39 is 0 Å². The molecule has 1 fully saturated rings. The van der Waals surface area contributed by atoms with Crippen LogP contribution < -0.4 is 24.6 Å². The third-order valence-electron chi connectivity index (χ3n) is 6.42. The van der Waals surface area contributed by atoms with E-state index in [4.69, 9.17) is 21.7 Å². The van der Waals surface area contributed by atoms with E-state index in [-0.39, 0.29) is 18.4 Å². The van der Waals surface area contributed by atoms with Gasteiger partial charge in [0.2, 0.25) is 0 Å². The van der Waals surface area contributed by atoms with Crippen molar-refractivity contribution < 1.29 is 19.1 Å². The number of carbonyl (C=O) groups excluding carboxylic acids is 2. The lowest BCUT2D eigenvalue weighted by Crippen LogP contribution is -2.32. The number of benzene rings is 4. The maximum atomic E-state index is 13.8. The SMILES string of the molecule is CCOc1cc(/C=C2\C(=O)N(c3ccccc3)C(=S)N2c2ccccc2)c(Br)cc1OCC(=O)NCc1ccccc1. The van der Waals surface area contributed by atoms with Gasteiger partial charge in [0.1, 0.15) is 5.70 Å². The molecule has 0 aliphatic carbocycles. The van der Waals surface area contributed by atoms with Gasteiger partial charge in [-0.1, -0.05) is 82.7 Å². The van der Waals surface area contributed by atoms with Crippen LogP contribution in [0.1, 0.15) is 18.1 Å². The average Bonchev–Trinajstić information content (AvgIpc) is 3.26. The number of ether oxygens (including phenoxy) is 2. The van der Waals surface area contributed by atoms with E-state index in [1.165, 1.54) is 4.90 Å². The molecule has 0 atom stereocenters. The maximum Gasteiger partial charge on any atom is 0.281 e. The summed E-state index contributed by atoms with van der Waals surface area (Å²) in [6.45, 7) is 2.48. The van der Waals surface area contributed by atoms with Crippen molar-refractivity contribution in [2.45, 2.75) is 13.5 Å². The van der Waals surface area contributed by atoms with Gasteiger partial charge in [0.15, 0.2) is 23.2 Å². The van der Waals surface area contributed by atoms with Crippen molar-refractivity contribution >= 4 is 62.5 Å². The zero-order chi connectivity index (χ0) is 29.5. The first-order chi connectivity index (χ1) is 20.5. The van der Waals surface area contributed by atoms with Crippen molar-refractivity contribution in [3.8, 4) is 11.5 Å². The van der Waals surface area contributed by atoms with Crippen LogP contribution in [0, 0.1) is 0 Å². The number of para-hydroxylation sites is 2. The fourth-order valence-electron chi connectivity index (χ4n) is 4.44. The van der Waals surface area contributed by atoms with Crippen molar-refractivity contribution in [2.75, 3.05) is 23.0 Å². The van der Waals surface area contributed by atoms with E-state index >= 15 is 0 Å². The highest BCUT2D eigenvalue weighted by Gasteiger charge is 2.40. The predicted molar refractivity (Wildman–Crippen MR) is 173 cm³/mol. The highest BCUT2D eigenvalue weighted by atomic mass is 79.9. The molecule has 7 nitrogen and oxygen atoms in total. The topological polar surface area (TPSA) is 71.1 Å². The number of amides is 2. The summed E-state index contributed by atoms with van der Waals surface area (Å²) < 4.78 is 12.4. The van der Waals surface area contributed by atoms with Gasteiger partial charge in [0.05, 0.1) is 12.3 Å². The molecular weight excluding hydrogens is 614 g/mol. The Labute approximate surface area is 258 Å². The van der Waals surface area contributed by atoms with Gasteiger partial charge in [-0.05, 0) is 72.7 Å². The molecule has 4 aromatic rings. The molecular formula is C33H28BrN3O4S. The molecule has 1 saturated heterocycles. The number of halogens is 1. The van der Waals surface area contributed by atoms with Gasteiger partial charge in [-0.15, -0.1) is 0 Å². The highest BCUT2D eigenvalue weighted by molar-refractivity contribution is 9.10. The minimum atomic E-state index is -0.256. The number of hydrogen-bond donors (Lipinski definition) is 1. The summed E-state index contributed by atoms with van der Waals surface area (Å²) in [7, 11) is 0. The van der Waals surface area contributed by atoms with Crippen LogP contribution in [0.3, 0.4) is 0 Å². The molecule has 0 radical (unpaired) electrons. The van der Waals surface area contributed by atoms with E-state index in [0.717, 1.165) is 11.3 Å². The normalized spacial score (nSPS) is 13.9. The maximum absolute atomic E-state index is 13.8. The summed E-state index contributed by atoms with van der Waals surface area (Å²) in [5.41, 5.74) is 3.51. The summed E-state index contributed by atoms with van der Waals surface area (Å²) in [6, 6.07) is 32.0. The van der Waals surface area contributed by atoms with E-state index in [1.807, 2.05) is 97.9 Å². The number of anilines is 2. The number of rotatable bonds is 10. The molecule has 1 aliphatic heterocycles. The molecule has 0 bridgehead atoms. The summed E-state index contributed by atoms with van der Waals surface area (Å²) in [5.74, 6) is 0.339. The Kier molecular flexibility index (Phi) is 9.31. The fraction of sp³-hybridized carbons (Fsp3) is 0.121. The first-order valence-corrected chi connectivity index (χ1v) is 14.6. The number of nitrogens with zero attached hydrogens (tertiary/aromatic N) is 2. The van der Waals surface area contributed by atoms with Crippen LogP contribution in [-0.4, -0.2) is 30.1 Å². The van der Waals surface area contributed by atoms with Crippen LogP contribution in [0.15, 0.2) is 113 Å². The minimum absolute atomic E-state index is 0.180. The van der Waals surface area contributed by atoms with Gasteiger partial charge in [-0.25, -0.2) is 0 Å². The Morgan fingerprint density at radius 3 is 2.05 bits per heavy atom. The van der Waals surface area contributed by atoms with Gasteiger partial charge < -0.3 is 14.8 Å². The molecule has 0 spiro atoms.